The van der Waals surface area contributed by atoms with E-state index >= 15 is 0 Å². The predicted octanol–water partition coefficient (Wildman–Crippen LogP) is -0.887. The van der Waals surface area contributed by atoms with Crippen molar-refractivity contribution in [1.82, 2.24) is 11.5 Å². The Morgan fingerprint density at radius 1 is 1.86 bits per heavy atom. The average Bonchev–Trinajstić information content (AvgIpc) is 1.35. The van der Waals surface area contributed by atoms with Gasteiger partial charge in [-0.3, -0.25) is 10.7 Å². The first-order valence-electron chi connectivity index (χ1n) is 1.26. The summed E-state index contributed by atoms with van der Waals surface area (Å²) >= 11 is 0. The third-order valence-electron chi connectivity index (χ3n) is 0.191. The molecule has 5 nitrogen and oxygen atoms in total. The molecule has 0 aromatic carbocycles. The van der Waals surface area contributed by atoms with Gasteiger partial charge in [0, 0.05) is 0 Å². The van der Waals surface area contributed by atoms with Crippen LogP contribution >= 0.6 is 0 Å². The van der Waals surface area contributed by atoms with E-state index in [1.165, 1.54) is 6.19 Å². The SMILES string of the molecule is N.N#CNC(=N)N. The Morgan fingerprint density at radius 3 is 2.29 bits per heavy atom. The number of guanidine groups is 1. The van der Waals surface area contributed by atoms with Gasteiger partial charge in [0.1, 0.15) is 0 Å². The fourth-order valence-electron chi connectivity index (χ4n) is 0.0602. The average molecular weight is 101 g/mol. The lowest BCUT2D eigenvalue weighted by molar-refractivity contribution is 1.19. The van der Waals surface area contributed by atoms with Crippen LogP contribution in [0.5, 0.6) is 0 Å². The van der Waals surface area contributed by atoms with Crippen molar-refractivity contribution < 1.29 is 0 Å². The zero-order valence-corrected chi connectivity index (χ0v) is 3.73. The number of rotatable bonds is 0. The van der Waals surface area contributed by atoms with Crippen molar-refractivity contribution in [3.05, 3.63) is 0 Å². The van der Waals surface area contributed by atoms with Crippen LogP contribution in [0.4, 0.5) is 0 Å². The van der Waals surface area contributed by atoms with E-state index in [2.05, 4.69) is 5.73 Å². The highest BCUT2D eigenvalue weighted by molar-refractivity contribution is 5.75. The van der Waals surface area contributed by atoms with Gasteiger partial charge >= 0.3 is 0 Å². The van der Waals surface area contributed by atoms with Crippen LogP contribution in [0.2, 0.25) is 0 Å². The number of hydrogen-bond donors (Lipinski definition) is 4. The molecule has 0 saturated carbocycles. The molecule has 0 aliphatic heterocycles. The summed E-state index contributed by atoms with van der Waals surface area (Å²) in [6, 6.07) is 0. The molecule has 5 heteroatoms. The molecular formula is C2H7N5. The van der Waals surface area contributed by atoms with Gasteiger partial charge in [-0.25, -0.2) is 0 Å². The Hall–Kier alpha value is -1.28. The molecule has 0 spiro atoms. The molecule has 0 amide bonds. The van der Waals surface area contributed by atoms with E-state index in [1.807, 2.05) is 5.32 Å². The Balaban J connectivity index is 0. The maximum Gasteiger partial charge on any atom is 0.199 e. The second-order valence-electron chi connectivity index (χ2n) is 0.650. The smallest absolute Gasteiger partial charge is 0.199 e. The Kier molecular flexibility index (Phi) is 6.21. The number of nitrogens with two attached hydrogens (primary N) is 1. The first-order chi connectivity index (χ1) is 2.77. The van der Waals surface area contributed by atoms with Gasteiger partial charge in [0.25, 0.3) is 0 Å². The molecule has 0 aromatic heterocycles. The lowest BCUT2D eigenvalue weighted by Crippen LogP contribution is -2.25. The van der Waals surface area contributed by atoms with Gasteiger partial charge in [0.15, 0.2) is 12.2 Å². The minimum absolute atomic E-state index is 0. The first-order valence-corrected chi connectivity index (χ1v) is 1.26. The quantitative estimate of drug-likeness (QED) is 0.137. The summed E-state index contributed by atoms with van der Waals surface area (Å²) < 4.78 is 0. The fourth-order valence-corrected chi connectivity index (χ4v) is 0.0602. The molecule has 0 unspecified atom stereocenters. The third-order valence-corrected chi connectivity index (χ3v) is 0.191. The molecule has 0 aromatic rings. The molecule has 0 atom stereocenters. The van der Waals surface area contributed by atoms with Gasteiger partial charge in [-0.15, -0.1) is 0 Å². The molecule has 0 rings (SSSR count). The largest absolute Gasteiger partial charge is 0.369 e. The van der Waals surface area contributed by atoms with E-state index in [9.17, 15) is 0 Å². The molecule has 0 radical (unpaired) electrons. The van der Waals surface area contributed by atoms with Crippen LogP contribution in [0.3, 0.4) is 0 Å². The summed E-state index contributed by atoms with van der Waals surface area (Å²) in [5.41, 5.74) is 4.65. The fraction of sp³-hybridized carbons (Fsp3) is 0. The summed E-state index contributed by atoms with van der Waals surface area (Å²) in [5, 5.41) is 15.9. The van der Waals surface area contributed by atoms with Crippen molar-refractivity contribution in [1.29, 1.82) is 10.7 Å². The minimum Gasteiger partial charge on any atom is -0.369 e. The molecule has 0 aliphatic carbocycles. The van der Waals surface area contributed by atoms with Gasteiger partial charge < -0.3 is 11.9 Å². The summed E-state index contributed by atoms with van der Waals surface area (Å²) in [6.07, 6.45) is 1.47. The van der Waals surface area contributed by atoms with E-state index in [-0.39, 0.29) is 12.1 Å². The van der Waals surface area contributed by atoms with Crippen molar-refractivity contribution in [3.8, 4) is 6.19 Å². The molecule has 0 heterocycles. The van der Waals surface area contributed by atoms with Gasteiger partial charge in [-0.05, 0) is 0 Å². The zero-order chi connectivity index (χ0) is 4.99. The van der Waals surface area contributed by atoms with Crippen molar-refractivity contribution >= 4 is 5.96 Å². The maximum atomic E-state index is 7.65. The maximum absolute atomic E-state index is 7.65. The van der Waals surface area contributed by atoms with Crippen LogP contribution in [0, 0.1) is 16.9 Å². The number of nitrogens with zero attached hydrogens (tertiary/aromatic N) is 1. The second-order valence-corrected chi connectivity index (χ2v) is 0.650. The van der Waals surface area contributed by atoms with Crippen LogP contribution in [-0.2, 0) is 0 Å². The van der Waals surface area contributed by atoms with Crippen molar-refractivity contribution in [3.63, 3.8) is 0 Å². The number of nitriles is 1. The van der Waals surface area contributed by atoms with Crippen molar-refractivity contribution in [2.45, 2.75) is 0 Å². The predicted molar refractivity (Wildman–Crippen MR) is 25.7 cm³/mol. The number of nitrogens with one attached hydrogen (secondary N) is 2. The van der Waals surface area contributed by atoms with Gasteiger partial charge in [0.05, 0.1) is 0 Å². The third kappa shape index (κ3) is 11.8. The van der Waals surface area contributed by atoms with Crippen LogP contribution in [-0.4, -0.2) is 5.96 Å². The van der Waals surface area contributed by atoms with Crippen LogP contribution in [0.25, 0.3) is 0 Å². The first kappa shape index (κ1) is 9.21. The highest BCUT2D eigenvalue weighted by atomic mass is 15.0. The second kappa shape index (κ2) is 4.72. The van der Waals surface area contributed by atoms with Gasteiger partial charge in [-0.1, -0.05) is 0 Å². The standard InChI is InChI=1S/C2H4N4.H3N/c3-1-6-2(4)5;/h(H4,4,5,6);1H3. The van der Waals surface area contributed by atoms with Gasteiger partial charge in [0.2, 0.25) is 0 Å². The zero-order valence-electron chi connectivity index (χ0n) is 3.73. The van der Waals surface area contributed by atoms with Crippen LogP contribution < -0.4 is 17.2 Å². The lowest BCUT2D eigenvalue weighted by atomic mass is 11.0. The Labute approximate surface area is 41.2 Å². The topological polar surface area (TPSA) is 121 Å². The minimum atomic E-state index is -0.322. The molecule has 0 saturated heterocycles. The summed E-state index contributed by atoms with van der Waals surface area (Å²) in [5.74, 6) is -0.322. The molecule has 0 fully saturated rings. The number of hydrogen-bond acceptors (Lipinski definition) is 3. The molecule has 0 aliphatic rings. The summed E-state index contributed by atoms with van der Waals surface area (Å²) in [6.45, 7) is 0. The van der Waals surface area contributed by atoms with Crippen LogP contribution in [0.15, 0.2) is 0 Å². The van der Waals surface area contributed by atoms with E-state index in [0.29, 0.717) is 0 Å². The van der Waals surface area contributed by atoms with E-state index in [1.54, 1.807) is 0 Å². The Morgan fingerprint density at radius 2 is 2.29 bits per heavy atom. The highest BCUT2D eigenvalue weighted by Gasteiger charge is 1.73. The molecule has 7 heavy (non-hydrogen) atoms. The molecule has 7 N–H and O–H groups in total. The van der Waals surface area contributed by atoms with E-state index < -0.39 is 0 Å². The normalized spacial score (nSPS) is 5.00. The van der Waals surface area contributed by atoms with E-state index in [4.69, 9.17) is 10.7 Å². The van der Waals surface area contributed by atoms with Crippen molar-refractivity contribution in [2.24, 2.45) is 5.73 Å². The molecule has 0 bridgehead atoms. The molecule has 40 valence electrons. The van der Waals surface area contributed by atoms with Crippen molar-refractivity contribution in [2.75, 3.05) is 0 Å². The van der Waals surface area contributed by atoms with E-state index in [0.717, 1.165) is 0 Å². The lowest BCUT2D eigenvalue weighted by Gasteiger charge is -1.82. The highest BCUT2D eigenvalue weighted by Crippen LogP contribution is 1.37. The summed E-state index contributed by atoms with van der Waals surface area (Å²) in [7, 11) is 0. The monoisotopic (exact) mass is 101 g/mol. The molecular weight excluding hydrogens is 94.1 g/mol. The van der Waals surface area contributed by atoms with Gasteiger partial charge in [-0.2, -0.15) is 5.26 Å². The Bertz CT molecular complexity index is 88.7. The van der Waals surface area contributed by atoms with Crippen LogP contribution in [0.1, 0.15) is 0 Å². The summed E-state index contributed by atoms with van der Waals surface area (Å²) in [4.78, 5) is 0.